The number of nitrogens with zero attached hydrogens (tertiary/aromatic N) is 3. The summed E-state index contributed by atoms with van der Waals surface area (Å²) in [6, 6.07) is 9.21. The zero-order chi connectivity index (χ0) is 26.9. The third kappa shape index (κ3) is 5.07. The lowest BCUT2D eigenvalue weighted by atomic mass is 9.93. The molecule has 37 heavy (non-hydrogen) atoms. The van der Waals surface area contributed by atoms with Crippen LogP contribution < -0.4 is 16.0 Å². The highest BCUT2D eigenvalue weighted by molar-refractivity contribution is 6.30. The number of pyridine rings is 1. The molecule has 5 N–H and O–H groups in total. The van der Waals surface area contributed by atoms with Crippen molar-refractivity contribution in [1.82, 2.24) is 19.7 Å². The number of benzene rings is 1. The van der Waals surface area contributed by atoms with Crippen molar-refractivity contribution in [2.45, 2.75) is 39.0 Å². The monoisotopic (exact) mass is 525 g/mol. The molecule has 0 aliphatic rings. The summed E-state index contributed by atoms with van der Waals surface area (Å²) in [5.41, 5.74) is 3.40. The molecule has 3 heterocycles. The van der Waals surface area contributed by atoms with E-state index in [1.165, 1.54) is 0 Å². The van der Waals surface area contributed by atoms with Gasteiger partial charge in [-0.2, -0.15) is 5.10 Å². The number of aromatic amines is 1. The zero-order valence-corrected chi connectivity index (χ0v) is 22.5. The Bertz CT molecular complexity index is 1410. The minimum Gasteiger partial charge on any atom is -0.479 e. The van der Waals surface area contributed by atoms with E-state index in [4.69, 9.17) is 21.3 Å². The molecule has 1 aromatic carbocycles. The van der Waals surface area contributed by atoms with Crippen molar-refractivity contribution < 1.29 is 14.6 Å². The molecular formula is C26H32ClN7O3. The molecule has 0 radical (unpaired) electrons. The Morgan fingerprint density at radius 3 is 2.35 bits per heavy atom. The Hall–Kier alpha value is -3.76. The number of ether oxygens (including phenoxy) is 1. The van der Waals surface area contributed by atoms with Gasteiger partial charge in [0.05, 0.1) is 28.9 Å². The van der Waals surface area contributed by atoms with Crippen LogP contribution in [0, 0.1) is 0 Å². The molecule has 4 aromatic rings. The minimum atomic E-state index is -1.29. The van der Waals surface area contributed by atoms with Gasteiger partial charge >= 0.3 is 5.97 Å². The summed E-state index contributed by atoms with van der Waals surface area (Å²) in [5.74, 6) is 0.0739. The highest BCUT2D eigenvalue weighted by Crippen LogP contribution is 2.47. The van der Waals surface area contributed by atoms with Crippen LogP contribution in [0.25, 0.3) is 22.2 Å². The summed E-state index contributed by atoms with van der Waals surface area (Å²) in [5, 5.41) is 28.6. The average molecular weight is 526 g/mol. The van der Waals surface area contributed by atoms with Crippen LogP contribution in [0.2, 0.25) is 5.02 Å². The third-order valence-corrected chi connectivity index (χ3v) is 6.17. The van der Waals surface area contributed by atoms with Gasteiger partial charge in [-0.15, -0.1) is 0 Å². The molecule has 3 aromatic heterocycles. The maximum atomic E-state index is 12.7. The lowest BCUT2D eigenvalue weighted by molar-refractivity contribution is -0.160. The number of fused-ring (bicyclic) bond motifs is 1. The van der Waals surface area contributed by atoms with E-state index in [0.29, 0.717) is 34.2 Å². The number of hydrogen-bond donors (Lipinski definition) is 5. The number of halogens is 1. The molecule has 1 atom stereocenters. The maximum Gasteiger partial charge on any atom is 0.337 e. The lowest BCUT2D eigenvalue weighted by Gasteiger charge is -2.28. The number of nitrogens with one attached hydrogen (secondary N) is 4. The highest BCUT2D eigenvalue weighted by atomic mass is 35.5. The van der Waals surface area contributed by atoms with Crippen molar-refractivity contribution in [3.63, 3.8) is 0 Å². The largest absolute Gasteiger partial charge is 0.479 e. The standard InChI is InChI=1S/C26H32ClN7O3/c1-26(2,3)37-21(25(35)36)19-17(14-7-9-15(27)10-8-14)18-20(28-4)24(30-6)34(13-16-11-12-31-33-16)23(18)32-22(19)29-5/h7-12,21,28,30H,13H2,1-6H3,(H,29,32)(H,31,33)(H,35,36)/t21-/m0/s1. The second kappa shape index (κ2) is 10.3. The first-order valence-electron chi connectivity index (χ1n) is 11.9. The number of carboxylic acids is 1. The fourth-order valence-corrected chi connectivity index (χ4v) is 4.65. The van der Waals surface area contributed by atoms with Gasteiger partial charge in [0.25, 0.3) is 0 Å². The molecule has 0 saturated carbocycles. The summed E-state index contributed by atoms with van der Waals surface area (Å²) < 4.78 is 8.14. The molecule has 196 valence electrons. The maximum absolute atomic E-state index is 12.7. The first-order chi connectivity index (χ1) is 17.6. The summed E-state index contributed by atoms with van der Waals surface area (Å²) in [7, 11) is 5.38. The van der Waals surface area contributed by atoms with E-state index >= 15 is 0 Å². The second-order valence-electron chi connectivity index (χ2n) is 9.53. The molecule has 4 rings (SSSR count). The van der Waals surface area contributed by atoms with Crippen LogP contribution in [0.15, 0.2) is 36.5 Å². The smallest absolute Gasteiger partial charge is 0.337 e. The van der Waals surface area contributed by atoms with Gasteiger partial charge < -0.3 is 30.4 Å². The number of aromatic nitrogens is 4. The highest BCUT2D eigenvalue weighted by Gasteiger charge is 2.35. The summed E-state index contributed by atoms with van der Waals surface area (Å²) >= 11 is 6.23. The number of aliphatic carboxylic acids is 1. The fraction of sp³-hybridized carbons (Fsp3) is 0.346. The lowest BCUT2D eigenvalue weighted by Crippen LogP contribution is -2.28. The second-order valence-corrected chi connectivity index (χ2v) is 9.96. The minimum absolute atomic E-state index is 0.403. The van der Waals surface area contributed by atoms with Crippen molar-refractivity contribution in [2.75, 3.05) is 37.1 Å². The predicted octanol–water partition coefficient (Wildman–Crippen LogP) is 5.19. The Morgan fingerprint density at radius 2 is 1.84 bits per heavy atom. The predicted molar refractivity (Wildman–Crippen MR) is 148 cm³/mol. The van der Waals surface area contributed by atoms with Gasteiger partial charge in [0.2, 0.25) is 0 Å². The van der Waals surface area contributed by atoms with Crippen LogP contribution in [-0.4, -0.2) is 57.6 Å². The van der Waals surface area contributed by atoms with Crippen LogP contribution in [0.5, 0.6) is 0 Å². The Kier molecular flexibility index (Phi) is 7.33. The van der Waals surface area contributed by atoms with E-state index in [-0.39, 0.29) is 0 Å². The first-order valence-corrected chi connectivity index (χ1v) is 12.3. The number of H-pyrrole nitrogens is 1. The molecule has 0 saturated heterocycles. The van der Waals surface area contributed by atoms with Crippen LogP contribution >= 0.6 is 11.6 Å². The Labute approximate surface area is 220 Å². The van der Waals surface area contributed by atoms with E-state index < -0.39 is 17.7 Å². The SMILES string of the molecule is CNc1nc2c(c(NC)c(NC)n2Cc2cc[nH]n2)c(-c2ccc(Cl)cc2)c1[C@H](OC(C)(C)C)C(=O)O. The Balaban J connectivity index is 2.18. The van der Waals surface area contributed by atoms with E-state index in [1.807, 2.05) is 57.6 Å². The molecule has 0 aliphatic carbocycles. The summed E-state index contributed by atoms with van der Waals surface area (Å²) in [6.07, 6.45) is 0.479. The van der Waals surface area contributed by atoms with Crippen molar-refractivity contribution in [3.05, 3.63) is 52.8 Å². The summed E-state index contributed by atoms with van der Waals surface area (Å²) in [4.78, 5) is 17.6. The molecular weight excluding hydrogens is 494 g/mol. The van der Waals surface area contributed by atoms with Gasteiger partial charge in [-0.25, -0.2) is 9.78 Å². The van der Waals surface area contributed by atoms with Crippen LogP contribution in [-0.2, 0) is 16.1 Å². The number of carbonyl (C=O) groups is 1. The number of hydrogen-bond acceptors (Lipinski definition) is 7. The number of carboxylic acid groups (broad SMARTS) is 1. The van der Waals surface area contributed by atoms with Gasteiger partial charge in [-0.1, -0.05) is 23.7 Å². The topological polar surface area (TPSA) is 129 Å². The van der Waals surface area contributed by atoms with Crippen LogP contribution in [0.3, 0.4) is 0 Å². The van der Waals surface area contributed by atoms with E-state index in [2.05, 4.69) is 26.1 Å². The van der Waals surface area contributed by atoms with Crippen molar-refractivity contribution in [2.24, 2.45) is 0 Å². The van der Waals surface area contributed by atoms with Gasteiger partial charge in [0.15, 0.2) is 6.10 Å². The fourth-order valence-electron chi connectivity index (χ4n) is 4.53. The van der Waals surface area contributed by atoms with Crippen molar-refractivity contribution in [1.29, 1.82) is 0 Å². The number of rotatable bonds is 9. The zero-order valence-electron chi connectivity index (χ0n) is 21.7. The van der Waals surface area contributed by atoms with Crippen LogP contribution in [0.4, 0.5) is 17.3 Å². The van der Waals surface area contributed by atoms with Crippen LogP contribution in [0.1, 0.15) is 38.1 Å². The van der Waals surface area contributed by atoms with E-state index in [0.717, 1.165) is 28.1 Å². The molecule has 0 amide bonds. The average Bonchev–Trinajstić information content (AvgIpc) is 3.47. The normalized spacial score (nSPS) is 12.5. The van der Waals surface area contributed by atoms with Crippen molar-refractivity contribution in [3.8, 4) is 11.1 Å². The quantitative estimate of drug-likeness (QED) is 0.202. The molecule has 11 heteroatoms. The van der Waals surface area contributed by atoms with Gasteiger partial charge in [0.1, 0.15) is 17.3 Å². The van der Waals surface area contributed by atoms with Gasteiger partial charge in [-0.05, 0) is 44.5 Å². The van der Waals surface area contributed by atoms with Gasteiger partial charge in [-0.3, -0.25) is 5.10 Å². The molecule has 0 spiro atoms. The Morgan fingerprint density at radius 1 is 1.14 bits per heavy atom. The van der Waals surface area contributed by atoms with Crippen molar-refractivity contribution >= 4 is 45.9 Å². The van der Waals surface area contributed by atoms with Gasteiger partial charge in [0, 0.05) is 43.5 Å². The third-order valence-electron chi connectivity index (χ3n) is 5.92. The summed E-state index contributed by atoms with van der Waals surface area (Å²) in [6.45, 7) is 5.92. The molecule has 0 bridgehead atoms. The van der Waals surface area contributed by atoms with E-state index in [1.54, 1.807) is 25.4 Å². The molecule has 0 fully saturated rings. The number of anilines is 3. The molecule has 0 unspecified atom stereocenters. The molecule has 10 nitrogen and oxygen atoms in total. The van der Waals surface area contributed by atoms with E-state index in [9.17, 15) is 9.90 Å². The first kappa shape index (κ1) is 26.3. The molecule has 0 aliphatic heterocycles.